The fourth-order valence-corrected chi connectivity index (χ4v) is 2.92. The van der Waals surface area contributed by atoms with Gasteiger partial charge in [-0.05, 0) is 32.7 Å². The van der Waals surface area contributed by atoms with Crippen molar-refractivity contribution in [3.05, 3.63) is 84.9 Å². The van der Waals surface area contributed by atoms with E-state index in [9.17, 15) is 0 Å². The molecule has 0 spiro atoms. The second-order valence-corrected chi connectivity index (χ2v) is 5.05. The number of fused-ring (bicyclic) bond motifs is 2. The molecule has 97 valence electrons. The van der Waals surface area contributed by atoms with E-state index in [2.05, 4.69) is 84.9 Å². The fourth-order valence-electron chi connectivity index (χ4n) is 2.92. The third kappa shape index (κ3) is 2.21. The predicted octanol–water partition coefficient (Wildman–Crippen LogP) is 5.28. The number of benzene rings is 4. The van der Waals surface area contributed by atoms with Crippen LogP contribution in [-0.2, 0) is 0 Å². The second-order valence-electron chi connectivity index (χ2n) is 5.05. The van der Waals surface area contributed by atoms with Crippen molar-refractivity contribution in [1.29, 1.82) is 0 Å². The number of rotatable bonds is 1. The summed E-state index contributed by atoms with van der Waals surface area (Å²) in [6.07, 6.45) is 0. The molecular formula is C20H14B. The van der Waals surface area contributed by atoms with Crippen molar-refractivity contribution >= 4 is 30.0 Å². The quantitative estimate of drug-likeness (QED) is 0.411. The van der Waals surface area contributed by atoms with Gasteiger partial charge in [0.05, 0.1) is 0 Å². The Balaban J connectivity index is 0.00000132. The lowest BCUT2D eigenvalue weighted by Gasteiger charge is -2.10. The minimum atomic E-state index is 0. The van der Waals surface area contributed by atoms with Crippen LogP contribution in [0.1, 0.15) is 0 Å². The van der Waals surface area contributed by atoms with Gasteiger partial charge >= 0.3 is 0 Å². The van der Waals surface area contributed by atoms with Crippen LogP contribution < -0.4 is 0 Å². The van der Waals surface area contributed by atoms with Gasteiger partial charge in [0.25, 0.3) is 0 Å². The van der Waals surface area contributed by atoms with Crippen molar-refractivity contribution in [2.24, 2.45) is 0 Å². The second kappa shape index (κ2) is 5.45. The lowest BCUT2D eigenvalue weighted by Crippen LogP contribution is -1.83. The molecule has 0 aliphatic carbocycles. The molecule has 0 aliphatic rings. The van der Waals surface area contributed by atoms with E-state index < -0.39 is 0 Å². The third-order valence-corrected chi connectivity index (χ3v) is 3.87. The van der Waals surface area contributed by atoms with E-state index in [1.165, 1.54) is 32.7 Å². The van der Waals surface area contributed by atoms with Crippen molar-refractivity contribution in [1.82, 2.24) is 0 Å². The molecule has 0 bridgehead atoms. The molecule has 0 amide bonds. The van der Waals surface area contributed by atoms with Crippen LogP contribution in [0.5, 0.6) is 0 Å². The van der Waals surface area contributed by atoms with Crippen molar-refractivity contribution in [2.75, 3.05) is 0 Å². The summed E-state index contributed by atoms with van der Waals surface area (Å²) in [5.41, 5.74) is 2.61. The van der Waals surface area contributed by atoms with Crippen molar-refractivity contribution in [3.8, 4) is 11.1 Å². The van der Waals surface area contributed by atoms with Gasteiger partial charge in [0.2, 0.25) is 0 Å². The standard InChI is InChI=1S/C20H14.B/c1-3-11-17-15(7-1)9-5-13-19(17)20-14-6-10-16-8-2-4-12-18(16)20;/h1-14H;. The van der Waals surface area contributed by atoms with Crippen molar-refractivity contribution in [3.63, 3.8) is 0 Å². The van der Waals surface area contributed by atoms with Gasteiger partial charge in [0.15, 0.2) is 0 Å². The highest BCUT2D eigenvalue weighted by atomic mass is 14.1. The van der Waals surface area contributed by atoms with Crippen molar-refractivity contribution < 1.29 is 0 Å². The molecule has 4 aromatic carbocycles. The smallest absolute Gasteiger partial charge is 0 e. The Morgan fingerprint density at radius 2 is 0.762 bits per heavy atom. The lowest BCUT2D eigenvalue weighted by atomic mass is 9.94. The SMILES string of the molecule is [B].c1ccc2c(-c3cccc4ccccc34)cccc2c1. The Bertz CT molecular complexity index is 821. The van der Waals surface area contributed by atoms with Gasteiger partial charge in [0.1, 0.15) is 0 Å². The van der Waals surface area contributed by atoms with E-state index in [1.807, 2.05) is 0 Å². The zero-order valence-corrected chi connectivity index (χ0v) is 11.7. The van der Waals surface area contributed by atoms with Crippen LogP contribution in [-0.4, -0.2) is 8.41 Å². The molecule has 3 radical (unpaired) electrons. The van der Waals surface area contributed by atoms with E-state index >= 15 is 0 Å². The summed E-state index contributed by atoms with van der Waals surface area (Å²) in [4.78, 5) is 0. The van der Waals surface area contributed by atoms with Gasteiger partial charge in [-0.3, -0.25) is 0 Å². The summed E-state index contributed by atoms with van der Waals surface area (Å²) in [6.45, 7) is 0. The Labute approximate surface area is 126 Å². The molecule has 0 saturated carbocycles. The highest BCUT2D eigenvalue weighted by molar-refractivity contribution is 6.05. The largest absolute Gasteiger partial charge is 0.0616 e. The zero-order valence-electron chi connectivity index (χ0n) is 11.7. The molecule has 0 nitrogen and oxygen atoms in total. The molecule has 0 unspecified atom stereocenters. The summed E-state index contributed by atoms with van der Waals surface area (Å²) >= 11 is 0. The highest BCUT2D eigenvalue weighted by Crippen LogP contribution is 2.33. The third-order valence-electron chi connectivity index (χ3n) is 3.87. The minimum absolute atomic E-state index is 0. The average molecular weight is 265 g/mol. The zero-order chi connectivity index (χ0) is 13.4. The van der Waals surface area contributed by atoms with Crippen LogP contribution in [0.25, 0.3) is 32.7 Å². The molecule has 0 heterocycles. The summed E-state index contributed by atoms with van der Waals surface area (Å²) in [6, 6.07) is 30.2. The normalized spacial score (nSPS) is 10.5. The molecular weight excluding hydrogens is 251 g/mol. The maximum Gasteiger partial charge on any atom is 0 e. The van der Waals surface area contributed by atoms with Crippen LogP contribution in [0.4, 0.5) is 0 Å². The maximum absolute atomic E-state index is 2.21. The van der Waals surface area contributed by atoms with E-state index in [0.29, 0.717) is 0 Å². The minimum Gasteiger partial charge on any atom is -0.0616 e. The Morgan fingerprint density at radius 3 is 1.24 bits per heavy atom. The van der Waals surface area contributed by atoms with Gasteiger partial charge in [-0.25, -0.2) is 0 Å². The van der Waals surface area contributed by atoms with E-state index in [1.54, 1.807) is 0 Å². The van der Waals surface area contributed by atoms with Crippen molar-refractivity contribution in [2.45, 2.75) is 0 Å². The molecule has 1 heteroatoms. The fraction of sp³-hybridized carbons (Fsp3) is 0. The Hall–Kier alpha value is -2.54. The van der Waals surface area contributed by atoms with Crippen LogP contribution in [0.15, 0.2) is 84.9 Å². The van der Waals surface area contributed by atoms with Gasteiger partial charge in [-0.1, -0.05) is 84.9 Å². The molecule has 0 aromatic heterocycles. The first-order valence-corrected chi connectivity index (χ1v) is 6.89. The summed E-state index contributed by atoms with van der Waals surface area (Å²) in [7, 11) is 0. The molecule has 21 heavy (non-hydrogen) atoms. The summed E-state index contributed by atoms with van der Waals surface area (Å²) < 4.78 is 0. The van der Waals surface area contributed by atoms with Crippen LogP contribution in [0.2, 0.25) is 0 Å². The molecule has 4 aromatic rings. The number of hydrogen-bond donors (Lipinski definition) is 0. The molecule has 0 saturated heterocycles. The average Bonchev–Trinajstić information content (AvgIpc) is 2.54. The Morgan fingerprint density at radius 1 is 0.381 bits per heavy atom. The van der Waals surface area contributed by atoms with Gasteiger partial charge < -0.3 is 0 Å². The topological polar surface area (TPSA) is 0 Å². The summed E-state index contributed by atoms with van der Waals surface area (Å²) in [5, 5.41) is 5.20. The molecule has 0 N–H and O–H groups in total. The van der Waals surface area contributed by atoms with Crippen LogP contribution in [0, 0.1) is 0 Å². The summed E-state index contributed by atoms with van der Waals surface area (Å²) in [5.74, 6) is 0. The first kappa shape index (κ1) is 13.4. The van der Waals surface area contributed by atoms with E-state index in [0.717, 1.165) is 0 Å². The molecule has 0 fully saturated rings. The number of hydrogen-bond acceptors (Lipinski definition) is 0. The molecule has 0 aliphatic heterocycles. The van der Waals surface area contributed by atoms with Gasteiger partial charge in [0, 0.05) is 8.41 Å². The molecule has 4 rings (SSSR count). The first-order chi connectivity index (χ1) is 9.93. The monoisotopic (exact) mass is 265 g/mol. The van der Waals surface area contributed by atoms with Gasteiger partial charge in [-0.2, -0.15) is 0 Å². The van der Waals surface area contributed by atoms with Gasteiger partial charge in [-0.15, -0.1) is 0 Å². The van der Waals surface area contributed by atoms with E-state index in [-0.39, 0.29) is 8.41 Å². The molecule has 0 atom stereocenters. The lowest BCUT2D eigenvalue weighted by molar-refractivity contribution is 1.68. The Kier molecular flexibility index (Phi) is 3.49. The van der Waals surface area contributed by atoms with Crippen LogP contribution in [0.3, 0.4) is 0 Å². The first-order valence-electron chi connectivity index (χ1n) is 6.89. The highest BCUT2D eigenvalue weighted by Gasteiger charge is 2.06. The maximum atomic E-state index is 2.21. The van der Waals surface area contributed by atoms with Crippen LogP contribution >= 0.6 is 0 Å². The predicted molar refractivity (Wildman–Crippen MR) is 92.6 cm³/mol. The van der Waals surface area contributed by atoms with E-state index in [4.69, 9.17) is 0 Å².